The largest absolute Gasteiger partial charge is 0.411 e. The minimum absolute atomic E-state index is 0.129. The highest BCUT2D eigenvalue weighted by Gasteiger charge is 2.34. The fourth-order valence-electron chi connectivity index (χ4n) is 5.59. The van der Waals surface area contributed by atoms with Crippen LogP contribution in [0.5, 0.6) is 0 Å². The maximum Gasteiger partial charge on any atom is 0.411 e. The Kier molecular flexibility index (Phi) is 8.13. The third-order valence-corrected chi connectivity index (χ3v) is 7.82. The van der Waals surface area contributed by atoms with Gasteiger partial charge in [-0.05, 0) is 30.7 Å². The van der Waals surface area contributed by atoms with E-state index in [0.717, 1.165) is 12.8 Å². The Balaban J connectivity index is 1.74. The number of hydrogen-bond donors (Lipinski definition) is 2. The predicted molar refractivity (Wildman–Crippen MR) is 153 cm³/mol. The van der Waals surface area contributed by atoms with Crippen LogP contribution in [0.15, 0.2) is 43.8 Å². The molecule has 0 radical (unpaired) electrons. The lowest BCUT2D eigenvalue weighted by atomic mass is 9.83. The van der Waals surface area contributed by atoms with Crippen LogP contribution in [-0.4, -0.2) is 61.8 Å². The minimum Gasteiger partial charge on any atom is -0.388 e. The summed E-state index contributed by atoms with van der Waals surface area (Å²) >= 11 is 6.32. The second-order valence-electron chi connectivity index (χ2n) is 10.3. The van der Waals surface area contributed by atoms with E-state index in [9.17, 15) is 4.79 Å². The first-order chi connectivity index (χ1) is 19.3. The van der Waals surface area contributed by atoms with Gasteiger partial charge in [0.25, 0.3) is 5.90 Å². The molecule has 1 aliphatic heterocycles. The number of morpholine rings is 1. The third kappa shape index (κ3) is 5.57. The van der Waals surface area contributed by atoms with E-state index < -0.39 is 12.0 Å². The Morgan fingerprint density at radius 3 is 2.67 bits per heavy atom. The van der Waals surface area contributed by atoms with Crippen molar-refractivity contribution in [1.29, 1.82) is 5.41 Å². The number of nitrogens with one attached hydrogen (secondary N) is 1. The van der Waals surface area contributed by atoms with Crippen molar-refractivity contribution in [2.24, 2.45) is 17.6 Å². The van der Waals surface area contributed by atoms with Gasteiger partial charge in [-0.15, -0.1) is 13.2 Å². The molecule has 0 unspecified atom stereocenters. The summed E-state index contributed by atoms with van der Waals surface area (Å²) in [5.41, 5.74) is 7.28. The highest BCUT2D eigenvalue weighted by atomic mass is 35.5. The number of halogens is 1. The number of carbonyl (C=O) groups excluding carboxylic acids is 1. The van der Waals surface area contributed by atoms with Gasteiger partial charge in [0.05, 0.1) is 23.8 Å². The van der Waals surface area contributed by atoms with E-state index in [4.69, 9.17) is 37.2 Å². The van der Waals surface area contributed by atoms with Crippen LogP contribution >= 0.6 is 11.6 Å². The number of hydrogen-bond acceptors (Lipinski definition) is 9. The fraction of sp³-hybridized carbons (Fsp3) is 0.429. The van der Waals surface area contributed by atoms with E-state index in [1.54, 1.807) is 18.3 Å². The predicted octanol–water partition coefficient (Wildman–Crippen LogP) is 4.73. The van der Waals surface area contributed by atoms with E-state index in [1.807, 2.05) is 6.08 Å². The van der Waals surface area contributed by atoms with Crippen LogP contribution in [0.1, 0.15) is 38.4 Å². The van der Waals surface area contributed by atoms with Crippen LogP contribution in [0.2, 0.25) is 5.02 Å². The van der Waals surface area contributed by atoms with E-state index in [0.29, 0.717) is 64.9 Å². The Morgan fingerprint density at radius 1 is 1.23 bits per heavy atom. The molecule has 3 N–H and O–H groups in total. The summed E-state index contributed by atoms with van der Waals surface area (Å²) in [5, 5.41) is 8.68. The zero-order valence-electron chi connectivity index (χ0n) is 22.4. The van der Waals surface area contributed by atoms with E-state index in [-0.39, 0.29) is 18.0 Å². The van der Waals surface area contributed by atoms with E-state index >= 15 is 0 Å². The Bertz CT molecular complexity index is 1450. The number of ether oxygens (including phenoxy) is 2. The zero-order valence-corrected chi connectivity index (χ0v) is 23.2. The van der Waals surface area contributed by atoms with Crippen LogP contribution in [-0.2, 0) is 16.0 Å². The zero-order chi connectivity index (χ0) is 28.4. The first-order valence-corrected chi connectivity index (χ1v) is 13.8. The van der Waals surface area contributed by atoms with Crippen molar-refractivity contribution in [3.63, 3.8) is 0 Å². The lowest BCUT2D eigenvalue weighted by molar-refractivity contribution is 0.0533. The quantitative estimate of drug-likeness (QED) is 0.238. The first-order valence-electron chi connectivity index (χ1n) is 13.4. The van der Waals surface area contributed by atoms with Crippen LogP contribution in [0, 0.1) is 17.2 Å². The van der Waals surface area contributed by atoms with Crippen molar-refractivity contribution in [2.75, 3.05) is 18.1 Å². The summed E-state index contributed by atoms with van der Waals surface area (Å²) in [6.07, 6.45) is 9.96. The maximum absolute atomic E-state index is 11.4. The monoisotopic (exact) mass is 564 g/mol. The first kappa shape index (κ1) is 27.7. The Morgan fingerprint density at radius 2 is 2.00 bits per heavy atom. The van der Waals surface area contributed by atoms with Gasteiger partial charge in [0.15, 0.2) is 5.65 Å². The molecule has 3 aromatic rings. The number of pyridine rings is 1. The molecule has 2 fully saturated rings. The van der Waals surface area contributed by atoms with Gasteiger partial charge >= 0.3 is 6.09 Å². The lowest BCUT2D eigenvalue weighted by Gasteiger charge is -2.39. The number of fused-ring (bicyclic) bond motifs is 1. The van der Waals surface area contributed by atoms with Gasteiger partial charge in [-0.1, -0.05) is 43.5 Å². The molecule has 3 aromatic heterocycles. The van der Waals surface area contributed by atoms with Crippen molar-refractivity contribution < 1.29 is 14.3 Å². The molecule has 40 heavy (non-hydrogen) atoms. The Hall–Kier alpha value is -3.83. The third-order valence-electron chi connectivity index (χ3n) is 7.61. The number of nitrogens with zero attached hydrogens (tertiary/aromatic N) is 6. The van der Waals surface area contributed by atoms with E-state index in [2.05, 4.69) is 44.5 Å². The number of nitrogens with two attached hydrogens (primary N) is 1. The number of aromatic nitrogens is 5. The van der Waals surface area contributed by atoms with Gasteiger partial charge in [0.1, 0.15) is 11.2 Å². The van der Waals surface area contributed by atoms with Gasteiger partial charge < -0.3 is 24.7 Å². The van der Waals surface area contributed by atoms with Crippen LogP contribution in [0.4, 0.5) is 10.7 Å². The molecule has 0 bridgehead atoms. The molecule has 1 saturated carbocycles. The summed E-state index contributed by atoms with van der Waals surface area (Å²) in [6.45, 7) is 12.1. The normalized spacial score (nSPS) is 23.1. The average molecular weight is 565 g/mol. The molecule has 0 spiro atoms. The molecule has 5 rings (SSSR count). The summed E-state index contributed by atoms with van der Waals surface area (Å²) in [7, 11) is 0. The van der Waals surface area contributed by atoms with Crippen LogP contribution < -0.4 is 10.6 Å². The van der Waals surface area contributed by atoms with Crippen LogP contribution in [0.3, 0.4) is 0 Å². The molecular formula is C28H33ClN8O3. The number of rotatable bonds is 7. The van der Waals surface area contributed by atoms with E-state index in [1.165, 1.54) is 19.0 Å². The average Bonchev–Trinajstić information content (AvgIpc) is 3.30. The summed E-state index contributed by atoms with van der Waals surface area (Å²) in [6, 6.07) is 1.54. The summed E-state index contributed by atoms with van der Waals surface area (Å²) in [5.74, 6) is 1.13. The number of amides is 1. The van der Waals surface area contributed by atoms with Gasteiger partial charge in [-0.2, -0.15) is 4.98 Å². The maximum atomic E-state index is 11.4. The number of anilines is 1. The minimum atomic E-state index is -1.13. The molecule has 12 heteroatoms. The topological polar surface area (TPSA) is 145 Å². The van der Waals surface area contributed by atoms with Crippen molar-refractivity contribution in [3.8, 4) is 11.3 Å². The molecule has 0 aromatic carbocycles. The van der Waals surface area contributed by atoms with Crippen molar-refractivity contribution >= 4 is 40.7 Å². The van der Waals surface area contributed by atoms with Gasteiger partial charge in [-0.3, -0.25) is 10.4 Å². The second-order valence-corrected chi connectivity index (χ2v) is 10.8. The van der Waals surface area contributed by atoms with Gasteiger partial charge in [0, 0.05) is 31.0 Å². The smallest absolute Gasteiger partial charge is 0.388 e. The molecule has 2 atom stereocenters. The molecular weight excluding hydrogens is 532 g/mol. The molecule has 1 saturated heterocycles. The summed E-state index contributed by atoms with van der Waals surface area (Å²) in [4.78, 5) is 32.0. The second kappa shape index (κ2) is 11.7. The van der Waals surface area contributed by atoms with Gasteiger partial charge in [-0.25, -0.2) is 14.8 Å². The fourth-order valence-corrected chi connectivity index (χ4v) is 5.77. The molecule has 2 aliphatic rings. The molecule has 4 heterocycles. The molecule has 1 amide bonds. The van der Waals surface area contributed by atoms with Crippen LogP contribution in [0.25, 0.3) is 22.4 Å². The standard InChI is InChI=1S/C28H33ClN8O3/c1-4-20-21(5-2)39-11-10-36(20)28-35-25-23(37(28)15-17-8-6-16(3)7-9-17)22(18-12-19(29)14-32-13-18)33-26(34-25)24(30)40-27(31)38/h4-5,12-14,16-17,20-21,30H,1-2,6-11,15H2,3H3,(H2,31,38)/t16?,17?,20-,21+/m1/s1. The molecule has 11 nitrogen and oxygen atoms in total. The molecule has 210 valence electrons. The number of primary amides is 1. The van der Waals surface area contributed by atoms with Gasteiger partial charge in [0.2, 0.25) is 11.8 Å². The van der Waals surface area contributed by atoms with Crippen molar-refractivity contribution in [1.82, 2.24) is 24.5 Å². The number of imidazole rings is 1. The lowest BCUT2D eigenvalue weighted by Crippen LogP contribution is -2.50. The molecule has 1 aliphatic carbocycles. The highest BCUT2D eigenvalue weighted by Crippen LogP contribution is 2.36. The van der Waals surface area contributed by atoms with Crippen molar-refractivity contribution in [3.05, 3.63) is 54.6 Å². The Labute approximate surface area is 237 Å². The SMILES string of the molecule is C=C[C@@H]1OCCN(c2nc3nc(C(=N)OC(N)=O)nc(-c4cncc(Cl)c4)c3n2CC2CCC(C)CC2)[C@@H]1C=C. The highest BCUT2D eigenvalue weighted by molar-refractivity contribution is 6.30. The summed E-state index contributed by atoms with van der Waals surface area (Å²) < 4.78 is 12.9. The van der Waals surface area contributed by atoms with Crippen molar-refractivity contribution in [2.45, 2.75) is 51.3 Å². The number of carbonyl (C=O) groups is 1.